The Labute approximate surface area is 113 Å². The number of hydrogen-bond donors (Lipinski definition) is 1. The van der Waals surface area contributed by atoms with Crippen LogP contribution < -0.4 is 5.73 Å². The molecule has 1 heterocycles. The first-order valence-electron chi connectivity index (χ1n) is 6.92. The van der Waals surface area contributed by atoms with Crippen molar-refractivity contribution in [3.63, 3.8) is 0 Å². The van der Waals surface area contributed by atoms with E-state index in [0.717, 1.165) is 31.4 Å². The second-order valence-electron chi connectivity index (χ2n) is 5.75. The summed E-state index contributed by atoms with van der Waals surface area (Å²) in [5.41, 5.74) is 6.47. The van der Waals surface area contributed by atoms with Crippen molar-refractivity contribution in [3.05, 3.63) is 35.4 Å². The summed E-state index contributed by atoms with van der Waals surface area (Å²) in [5.74, 6) is -0.371. The van der Waals surface area contributed by atoms with Gasteiger partial charge in [-0.1, -0.05) is 13.0 Å². The number of benzene rings is 1. The Bertz CT molecular complexity index is 436. The minimum Gasteiger partial charge on any atom is -0.323 e. The molecule has 1 saturated heterocycles. The van der Waals surface area contributed by atoms with Crippen molar-refractivity contribution in [1.82, 2.24) is 4.90 Å². The van der Waals surface area contributed by atoms with Gasteiger partial charge in [0, 0.05) is 30.3 Å². The molecular weight excluding hydrogens is 246 g/mol. The zero-order chi connectivity index (χ0) is 14.0. The van der Waals surface area contributed by atoms with Crippen LogP contribution in [0.25, 0.3) is 0 Å². The van der Waals surface area contributed by atoms with Crippen LogP contribution in [0.4, 0.5) is 8.78 Å². The van der Waals surface area contributed by atoms with Gasteiger partial charge in [0.2, 0.25) is 0 Å². The third-order valence-corrected chi connectivity index (χ3v) is 4.07. The number of piperidine rings is 1. The van der Waals surface area contributed by atoms with Gasteiger partial charge in [0.1, 0.15) is 11.6 Å². The number of rotatable bonds is 3. The second kappa shape index (κ2) is 5.97. The standard InChI is InChI=1S/C15H22F2N2/c1-10-5-6-19(11(2)7-10)9-15(18)13-4-3-12(16)8-14(13)17/h3-4,8,10-11,15H,5-7,9,18H2,1-2H3. The minimum atomic E-state index is -0.561. The Morgan fingerprint density at radius 3 is 2.74 bits per heavy atom. The van der Waals surface area contributed by atoms with Crippen molar-refractivity contribution in [1.29, 1.82) is 0 Å². The molecule has 1 aromatic carbocycles. The zero-order valence-electron chi connectivity index (χ0n) is 11.6. The van der Waals surface area contributed by atoms with E-state index >= 15 is 0 Å². The van der Waals surface area contributed by atoms with Crippen molar-refractivity contribution in [2.45, 2.75) is 38.8 Å². The molecule has 1 aliphatic heterocycles. The van der Waals surface area contributed by atoms with Crippen molar-refractivity contribution in [2.75, 3.05) is 13.1 Å². The number of nitrogens with two attached hydrogens (primary N) is 1. The van der Waals surface area contributed by atoms with Crippen LogP contribution in [0.15, 0.2) is 18.2 Å². The lowest BCUT2D eigenvalue weighted by Gasteiger charge is -2.38. The number of hydrogen-bond acceptors (Lipinski definition) is 2. The molecular formula is C15H22F2N2. The monoisotopic (exact) mass is 268 g/mol. The van der Waals surface area contributed by atoms with Crippen molar-refractivity contribution >= 4 is 0 Å². The van der Waals surface area contributed by atoms with Gasteiger partial charge in [-0.15, -0.1) is 0 Å². The molecule has 0 aliphatic carbocycles. The van der Waals surface area contributed by atoms with Crippen LogP contribution in [-0.4, -0.2) is 24.0 Å². The fourth-order valence-corrected chi connectivity index (χ4v) is 2.88. The van der Waals surface area contributed by atoms with Crippen LogP contribution in [-0.2, 0) is 0 Å². The number of nitrogens with zero attached hydrogens (tertiary/aromatic N) is 1. The maximum absolute atomic E-state index is 13.7. The molecule has 19 heavy (non-hydrogen) atoms. The molecule has 0 radical (unpaired) electrons. The first-order valence-corrected chi connectivity index (χ1v) is 6.92. The fraction of sp³-hybridized carbons (Fsp3) is 0.600. The molecule has 2 nitrogen and oxygen atoms in total. The summed E-state index contributed by atoms with van der Waals surface area (Å²) in [6, 6.07) is 3.68. The van der Waals surface area contributed by atoms with E-state index in [-0.39, 0.29) is 0 Å². The summed E-state index contributed by atoms with van der Waals surface area (Å²) in [4.78, 5) is 2.30. The third-order valence-electron chi connectivity index (χ3n) is 4.07. The summed E-state index contributed by atoms with van der Waals surface area (Å²) in [6.07, 6.45) is 2.31. The average Bonchev–Trinajstić information content (AvgIpc) is 2.32. The van der Waals surface area contributed by atoms with E-state index in [1.54, 1.807) is 0 Å². The molecule has 0 bridgehead atoms. The third kappa shape index (κ3) is 3.51. The van der Waals surface area contributed by atoms with Crippen molar-refractivity contribution in [2.24, 2.45) is 11.7 Å². The maximum atomic E-state index is 13.7. The Morgan fingerprint density at radius 1 is 1.37 bits per heavy atom. The predicted octanol–water partition coefficient (Wildman–Crippen LogP) is 3.09. The Kier molecular flexibility index (Phi) is 4.53. The Morgan fingerprint density at radius 2 is 2.11 bits per heavy atom. The lowest BCUT2D eigenvalue weighted by molar-refractivity contribution is 0.121. The molecule has 1 aliphatic rings. The van der Waals surface area contributed by atoms with Gasteiger partial charge in [-0.25, -0.2) is 8.78 Å². The van der Waals surface area contributed by atoms with Gasteiger partial charge >= 0.3 is 0 Å². The number of likely N-dealkylation sites (tertiary alicyclic amines) is 1. The largest absolute Gasteiger partial charge is 0.323 e. The van der Waals surface area contributed by atoms with Gasteiger partial charge in [-0.05, 0) is 38.3 Å². The lowest BCUT2D eigenvalue weighted by atomic mass is 9.92. The minimum absolute atomic E-state index is 0.396. The van der Waals surface area contributed by atoms with Crippen LogP contribution in [0.5, 0.6) is 0 Å². The van der Waals surface area contributed by atoms with Gasteiger partial charge in [-0.3, -0.25) is 4.90 Å². The smallest absolute Gasteiger partial charge is 0.130 e. The summed E-state index contributed by atoms with van der Waals surface area (Å²) in [5, 5.41) is 0. The second-order valence-corrected chi connectivity index (χ2v) is 5.75. The van der Waals surface area contributed by atoms with E-state index in [4.69, 9.17) is 5.73 Å². The van der Waals surface area contributed by atoms with Crippen molar-refractivity contribution in [3.8, 4) is 0 Å². The topological polar surface area (TPSA) is 29.3 Å². The molecule has 3 unspecified atom stereocenters. The van der Waals surface area contributed by atoms with Crippen LogP contribution >= 0.6 is 0 Å². The summed E-state index contributed by atoms with van der Waals surface area (Å²) >= 11 is 0. The van der Waals surface area contributed by atoms with Gasteiger partial charge in [-0.2, -0.15) is 0 Å². The maximum Gasteiger partial charge on any atom is 0.130 e. The van der Waals surface area contributed by atoms with E-state index in [9.17, 15) is 8.78 Å². The molecule has 0 saturated carbocycles. The highest BCUT2D eigenvalue weighted by Crippen LogP contribution is 2.25. The van der Waals surface area contributed by atoms with E-state index in [1.165, 1.54) is 12.1 Å². The summed E-state index contributed by atoms with van der Waals surface area (Å²) < 4.78 is 26.6. The molecule has 4 heteroatoms. The molecule has 3 atom stereocenters. The first kappa shape index (κ1) is 14.4. The van der Waals surface area contributed by atoms with E-state index in [0.29, 0.717) is 18.2 Å². The van der Waals surface area contributed by atoms with E-state index < -0.39 is 17.7 Å². The highest BCUT2D eigenvalue weighted by Gasteiger charge is 2.25. The van der Waals surface area contributed by atoms with Gasteiger partial charge in [0.25, 0.3) is 0 Å². The average molecular weight is 268 g/mol. The molecule has 0 spiro atoms. The van der Waals surface area contributed by atoms with Crippen LogP contribution in [0, 0.1) is 17.6 Å². The summed E-state index contributed by atoms with van der Waals surface area (Å²) in [6.45, 7) is 6.06. The molecule has 2 rings (SSSR count). The van der Waals surface area contributed by atoms with E-state index in [1.807, 2.05) is 0 Å². The Hall–Kier alpha value is -1.00. The van der Waals surface area contributed by atoms with Gasteiger partial charge in [0.05, 0.1) is 0 Å². The highest BCUT2D eigenvalue weighted by molar-refractivity contribution is 5.22. The fourth-order valence-electron chi connectivity index (χ4n) is 2.88. The molecule has 106 valence electrons. The molecule has 1 aromatic rings. The van der Waals surface area contributed by atoms with Crippen LogP contribution in [0.3, 0.4) is 0 Å². The van der Waals surface area contributed by atoms with Crippen molar-refractivity contribution < 1.29 is 8.78 Å². The SMILES string of the molecule is CC1CCN(CC(N)c2ccc(F)cc2F)C(C)C1. The molecule has 0 amide bonds. The number of halogens is 2. The normalized spacial score (nSPS) is 26.4. The quantitative estimate of drug-likeness (QED) is 0.912. The molecule has 2 N–H and O–H groups in total. The van der Waals surface area contributed by atoms with Gasteiger partial charge in [0.15, 0.2) is 0 Å². The van der Waals surface area contributed by atoms with Crippen LogP contribution in [0.2, 0.25) is 0 Å². The highest BCUT2D eigenvalue weighted by atomic mass is 19.1. The summed E-state index contributed by atoms with van der Waals surface area (Å²) in [7, 11) is 0. The van der Waals surface area contributed by atoms with Gasteiger partial charge < -0.3 is 5.73 Å². The molecule has 0 aromatic heterocycles. The zero-order valence-corrected chi connectivity index (χ0v) is 11.6. The first-order chi connectivity index (χ1) is 8.97. The Balaban J connectivity index is 2.02. The van der Waals surface area contributed by atoms with Crippen LogP contribution in [0.1, 0.15) is 38.3 Å². The lowest BCUT2D eigenvalue weighted by Crippen LogP contribution is -2.43. The molecule has 1 fully saturated rings. The predicted molar refractivity (Wildman–Crippen MR) is 72.7 cm³/mol. The van der Waals surface area contributed by atoms with E-state index in [2.05, 4.69) is 18.7 Å².